The van der Waals surface area contributed by atoms with Crippen molar-refractivity contribution < 1.29 is 4.79 Å². The Morgan fingerprint density at radius 1 is 1.11 bits per heavy atom. The van der Waals surface area contributed by atoms with Crippen LogP contribution in [0.15, 0.2) is 42.7 Å². The van der Waals surface area contributed by atoms with Gasteiger partial charge in [-0.15, -0.1) is 10.2 Å². The number of pyridine rings is 1. The number of aryl methyl sites for hydroxylation is 2. The molecule has 1 saturated heterocycles. The molecule has 4 rings (SSSR count). The normalized spacial score (nSPS) is 16.8. The minimum absolute atomic E-state index is 0.0307. The summed E-state index contributed by atoms with van der Waals surface area (Å²) >= 11 is 0. The molecule has 1 aliphatic rings. The fourth-order valence-corrected chi connectivity index (χ4v) is 3.54. The highest BCUT2D eigenvalue weighted by atomic mass is 16.1. The molecule has 1 N–H and O–H groups in total. The monoisotopic (exact) mass is 377 g/mol. The summed E-state index contributed by atoms with van der Waals surface area (Å²) in [5, 5.41) is 16.1. The number of hydrogen-bond donors (Lipinski definition) is 1. The molecule has 4 heterocycles. The summed E-state index contributed by atoms with van der Waals surface area (Å²) in [5.41, 5.74) is 2.74. The Balaban J connectivity index is 1.44. The summed E-state index contributed by atoms with van der Waals surface area (Å²) in [4.78, 5) is 18.7. The van der Waals surface area contributed by atoms with Gasteiger partial charge >= 0.3 is 0 Å². The molecule has 1 amide bonds. The number of rotatable bonds is 4. The Morgan fingerprint density at radius 3 is 2.54 bits per heavy atom. The van der Waals surface area contributed by atoms with Gasteiger partial charge in [-0.1, -0.05) is 0 Å². The molecule has 3 aromatic rings. The van der Waals surface area contributed by atoms with Crippen molar-refractivity contribution in [3.63, 3.8) is 0 Å². The van der Waals surface area contributed by atoms with Gasteiger partial charge in [0, 0.05) is 36.9 Å². The number of carbonyl (C=O) groups is 1. The summed E-state index contributed by atoms with van der Waals surface area (Å²) in [6.45, 7) is 5.44. The first-order valence-electron chi connectivity index (χ1n) is 9.43. The largest absolute Gasteiger partial charge is 0.354 e. The van der Waals surface area contributed by atoms with Gasteiger partial charge in [0.25, 0.3) is 0 Å². The van der Waals surface area contributed by atoms with E-state index in [4.69, 9.17) is 0 Å². The van der Waals surface area contributed by atoms with E-state index in [1.54, 1.807) is 29.2 Å². The van der Waals surface area contributed by atoms with Gasteiger partial charge in [0.1, 0.15) is 0 Å². The molecular formula is C20H23N7O. The van der Waals surface area contributed by atoms with E-state index in [9.17, 15) is 4.79 Å². The summed E-state index contributed by atoms with van der Waals surface area (Å²) < 4.78 is 1.79. The maximum atomic E-state index is 12.6. The van der Waals surface area contributed by atoms with Gasteiger partial charge in [-0.05, 0) is 57.0 Å². The predicted molar refractivity (Wildman–Crippen MR) is 106 cm³/mol. The van der Waals surface area contributed by atoms with E-state index in [1.165, 1.54) is 0 Å². The lowest BCUT2D eigenvalue weighted by Crippen LogP contribution is -2.41. The van der Waals surface area contributed by atoms with Crippen LogP contribution in [-0.2, 0) is 4.79 Å². The van der Waals surface area contributed by atoms with E-state index in [0.717, 1.165) is 42.3 Å². The second-order valence-electron chi connectivity index (χ2n) is 7.10. The van der Waals surface area contributed by atoms with Crippen LogP contribution in [0.4, 0.5) is 11.5 Å². The van der Waals surface area contributed by atoms with E-state index in [1.807, 2.05) is 32.0 Å². The van der Waals surface area contributed by atoms with E-state index < -0.39 is 0 Å². The molecular weight excluding hydrogens is 354 g/mol. The standard InChI is InChI=1S/C20H23N7O/c1-14-12-15(2)27(25-14)19-6-5-18(23-24-19)26-11-3-4-16(13-26)20(28)22-17-7-9-21-10-8-17/h5-10,12,16H,3-4,11,13H2,1-2H3,(H,21,22,28). The van der Waals surface area contributed by atoms with Crippen molar-refractivity contribution in [1.82, 2.24) is 25.0 Å². The molecule has 0 radical (unpaired) electrons. The number of carbonyl (C=O) groups excluding carboxylic acids is 1. The molecule has 8 nitrogen and oxygen atoms in total. The summed E-state index contributed by atoms with van der Waals surface area (Å²) in [6.07, 6.45) is 5.14. The van der Waals surface area contributed by atoms with Crippen LogP contribution in [0.5, 0.6) is 0 Å². The maximum Gasteiger partial charge on any atom is 0.229 e. The molecule has 28 heavy (non-hydrogen) atoms. The lowest BCUT2D eigenvalue weighted by Gasteiger charge is -2.32. The number of anilines is 2. The number of nitrogens with zero attached hydrogens (tertiary/aromatic N) is 6. The first-order valence-corrected chi connectivity index (χ1v) is 9.43. The molecule has 0 aromatic carbocycles. The molecule has 0 saturated carbocycles. The molecule has 1 unspecified atom stereocenters. The lowest BCUT2D eigenvalue weighted by molar-refractivity contribution is -0.120. The number of hydrogen-bond acceptors (Lipinski definition) is 6. The lowest BCUT2D eigenvalue weighted by atomic mass is 9.97. The minimum atomic E-state index is -0.0839. The third-order valence-corrected chi connectivity index (χ3v) is 4.93. The first-order chi connectivity index (χ1) is 13.6. The van der Waals surface area contributed by atoms with Gasteiger partial charge in [0.2, 0.25) is 5.91 Å². The Hall–Kier alpha value is -3.29. The van der Waals surface area contributed by atoms with Crippen molar-refractivity contribution in [1.29, 1.82) is 0 Å². The van der Waals surface area contributed by atoms with Crippen LogP contribution in [0.2, 0.25) is 0 Å². The average Bonchev–Trinajstić information content (AvgIpc) is 3.07. The quantitative estimate of drug-likeness (QED) is 0.752. The summed E-state index contributed by atoms with van der Waals surface area (Å²) in [5.74, 6) is 1.42. The van der Waals surface area contributed by atoms with Gasteiger partial charge in [0.15, 0.2) is 11.6 Å². The second-order valence-corrected chi connectivity index (χ2v) is 7.10. The van der Waals surface area contributed by atoms with Crippen LogP contribution in [0.25, 0.3) is 5.82 Å². The van der Waals surface area contributed by atoms with Crippen molar-refractivity contribution >= 4 is 17.4 Å². The number of amides is 1. The summed E-state index contributed by atoms with van der Waals surface area (Å²) in [6, 6.07) is 9.46. The zero-order valence-electron chi connectivity index (χ0n) is 16.0. The van der Waals surface area contributed by atoms with Gasteiger partial charge < -0.3 is 10.2 Å². The molecule has 0 spiro atoms. The highest BCUT2D eigenvalue weighted by molar-refractivity contribution is 5.92. The van der Waals surface area contributed by atoms with Crippen LogP contribution in [0, 0.1) is 19.8 Å². The SMILES string of the molecule is Cc1cc(C)n(-c2ccc(N3CCCC(C(=O)Nc4ccncc4)C3)nn2)n1. The maximum absolute atomic E-state index is 12.6. The minimum Gasteiger partial charge on any atom is -0.354 e. The summed E-state index contributed by atoms with van der Waals surface area (Å²) in [7, 11) is 0. The van der Waals surface area contributed by atoms with Crippen molar-refractivity contribution in [3.8, 4) is 5.82 Å². The van der Waals surface area contributed by atoms with Crippen LogP contribution in [0.3, 0.4) is 0 Å². The highest BCUT2D eigenvalue weighted by Crippen LogP contribution is 2.23. The number of nitrogens with one attached hydrogen (secondary N) is 1. The second kappa shape index (κ2) is 7.75. The van der Waals surface area contributed by atoms with Crippen molar-refractivity contribution in [2.75, 3.05) is 23.3 Å². The molecule has 8 heteroatoms. The van der Waals surface area contributed by atoms with E-state index in [-0.39, 0.29) is 11.8 Å². The van der Waals surface area contributed by atoms with Gasteiger partial charge in [-0.2, -0.15) is 5.10 Å². The zero-order valence-corrected chi connectivity index (χ0v) is 16.0. The zero-order chi connectivity index (χ0) is 19.5. The van der Waals surface area contributed by atoms with E-state index in [0.29, 0.717) is 12.4 Å². The Bertz CT molecular complexity index is 952. The third kappa shape index (κ3) is 3.85. The Morgan fingerprint density at radius 2 is 1.86 bits per heavy atom. The van der Waals surface area contributed by atoms with Crippen LogP contribution >= 0.6 is 0 Å². The van der Waals surface area contributed by atoms with E-state index in [2.05, 4.69) is 30.5 Å². The molecule has 3 aromatic heterocycles. The predicted octanol–water partition coefficient (Wildman–Crippen LogP) is 2.53. The van der Waals surface area contributed by atoms with Crippen LogP contribution in [-0.4, -0.2) is 44.0 Å². The van der Waals surface area contributed by atoms with Gasteiger partial charge in [0.05, 0.1) is 11.6 Å². The molecule has 1 atom stereocenters. The average molecular weight is 377 g/mol. The molecule has 144 valence electrons. The molecule has 1 fully saturated rings. The van der Waals surface area contributed by atoms with Crippen molar-refractivity contribution in [2.45, 2.75) is 26.7 Å². The number of piperidine rings is 1. The molecule has 1 aliphatic heterocycles. The van der Waals surface area contributed by atoms with E-state index >= 15 is 0 Å². The third-order valence-electron chi connectivity index (χ3n) is 4.93. The van der Waals surface area contributed by atoms with Gasteiger partial charge in [-0.3, -0.25) is 9.78 Å². The smallest absolute Gasteiger partial charge is 0.229 e. The Kier molecular flexibility index (Phi) is 5.01. The number of aromatic nitrogens is 5. The first kappa shape index (κ1) is 18.1. The molecule has 0 aliphatic carbocycles. The fraction of sp³-hybridized carbons (Fsp3) is 0.350. The Labute approximate surface area is 163 Å². The topological polar surface area (TPSA) is 88.8 Å². The van der Waals surface area contributed by atoms with Crippen molar-refractivity contribution in [3.05, 3.63) is 54.1 Å². The van der Waals surface area contributed by atoms with Gasteiger partial charge in [-0.25, -0.2) is 4.68 Å². The molecule has 0 bridgehead atoms. The highest BCUT2D eigenvalue weighted by Gasteiger charge is 2.27. The van der Waals surface area contributed by atoms with Crippen LogP contribution < -0.4 is 10.2 Å². The van der Waals surface area contributed by atoms with Crippen molar-refractivity contribution in [2.24, 2.45) is 5.92 Å². The van der Waals surface area contributed by atoms with Crippen LogP contribution in [0.1, 0.15) is 24.2 Å². The fourth-order valence-electron chi connectivity index (χ4n) is 3.54.